The van der Waals surface area contributed by atoms with Crippen molar-refractivity contribution in [3.05, 3.63) is 72.9 Å². The molecule has 0 spiro atoms. The van der Waals surface area contributed by atoms with E-state index in [0.717, 1.165) is 30.0 Å². The van der Waals surface area contributed by atoms with Gasteiger partial charge in [-0.1, -0.05) is 47.6 Å². The lowest BCUT2D eigenvalue weighted by Gasteiger charge is -2.41. The molecule has 0 aliphatic rings. The van der Waals surface area contributed by atoms with Crippen molar-refractivity contribution in [1.29, 1.82) is 0 Å². The summed E-state index contributed by atoms with van der Waals surface area (Å²) in [5, 5.41) is 0. The topological polar surface area (TPSA) is 9.23 Å². The molecule has 0 aliphatic carbocycles. The average molecular weight is 315 g/mol. The van der Waals surface area contributed by atoms with Gasteiger partial charge in [-0.3, -0.25) is 0 Å². The lowest BCUT2D eigenvalue weighted by Crippen LogP contribution is -2.43. The second-order valence-electron chi connectivity index (χ2n) is 6.98. The Morgan fingerprint density at radius 1 is 1.09 bits per heavy atom. The minimum atomic E-state index is -1.86. The Labute approximate surface area is 137 Å². The van der Waals surface area contributed by atoms with Gasteiger partial charge < -0.3 is 4.43 Å². The summed E-state index contributed by atoms with van der Waals surface area (Å²) < 4.78 is 6.82. The lowest BCUT2D eigenvalue weighted by atomic mass is 9.83. The van der Waals surface area contributed by atoms with Gasteiger partial charge in [0.1, 0.15) is 0 Å². The fourth-order valence-electron chi connectivity index (χ4n) is 3.03. The predicted octanol–water partition coefficient (Wildman–Crippen LogP) is 6.22. The van der Waals surface area contributed by atoms with Gasteiger partial charge in [-0.2, -0.15) is 0 Å². The summed E-state index contributed by atoms with van der Waals surface area (Å²) in [6.45, 7) is 20.8. The second kappa shape index (κ2) is 7.75. The fraction of sp³-hybridized carbons (Fsp3) is 0.400. The summed E-state index contributed by atoms with van der Waals surface area (Å²) in [6.07, 6.45) is 3.61. The Bertz CT molecular complexity index is 512. The molecule has 0 amide bonds. The van der Waals surface area contributed by atoms with Crippen LogP contribution >= 0.6 is 0 Å². The Kier molecular flexibility index (Phi) is 6.58. The first kappa shape index (κ1) is 18.7. The van der Waals surface area contributed by atoms with Crippen LogP contribution in [-0.2, 0) is 10.0 Å². The number of allylic oxidation sites excluding steroid dienone is 1. The van der Waals surface area contributed by atoms with Gasteiger partial charge in [0.2, 0.25) is 0 Å². The molecule has 1 rings (SSSR count). The van der Waals surface area contributed by atoms with Gasteiger partial charge >= 0.3 is 0 Å². The smallest absolute Gasteiger partial charge is 0.191 e. The van der Waals surface area contributed by atoms with E-state index in [9.17, 15) is 0 Å². The van der Waals surface area contributed by atoms with E-state index in [1.165, 1.54) is 5.56 Å². The van der Waals surface area contributed by atoms with Crippen molar-refractivity contribution in [2.45, 2.75) is 51.4 Å². The molecule has 0 saturated carbocycles. The third-order valence-electron chi connectivity index (χ3n) is 3.58. The third-order valence-corrected chi connectivity index (χ3v) is 5.80. The lowest BCUT2D eigenvalue weighted by molar-refractivity contribution is 0.0571. The molecule has 0 heterocycles. The minimum absolute atomic E-state index is 0.363. The average Bonchev–Trinajstić information content (AvgIpc) is 2.37. The fourth-order valence-corrected chi connectivity index (χ4v) is 5.13. The SMILES string of the molecule is C=CC[Si](C)(C)OC(CC(=C)C)(CC(=C)C)c1ccccc1. The van der Waals surface area contributed by atoms with Crippen LogP contribution in [0.1, 0.15) is 32.3 Å². The summed E-state index contributed by atoms with van der Waals surface area (Å²) in [5.41, 5.74) is 3.12. The van der Waals surface area contributed by atoms with Crippen LogP contribution in [0.5, 0.6) is 0 Å². The van der Waals surface area contributed by atoms with Crippen LogP contribution in [0.25, 0.3) is 0 Å². The Morgan fingerprint density at radius 2 is 1.59 bits per heavy atom. The molecule has 0 fully saturated rings. The molecule has 0 bridgehead atoms. The predicted molar refractivity (Wildman–Crippen MR) is 101 cm³/mol. The van der Waals surface area contributed by atoms with Crippen LogP contribution in [0.4, 0.5) is 0 Å². The van der Waals surface area contributed by atoms with Crippen molar-refractivity contribution in [2.24, 2.45) is 0 Å². The zero-order valence-corrected chi connectivity index (χ0v) is 15.6. The van der Waals surface area contributed by atoms with Gasteiger partial charge in [0, 0.05) is 12.8 Å². The van der Waals surface area contributed by atoms with Crippen LogP contribution in [-0.4, -0.2) is 8.32 Å². The second-order valence-corrected chi connectivity index (χ2v) is 11.1. The Hall–Kier alpha value is -1.38. The first-order valence-corrected chi connectivity index (χ1v) is 11.0. The zero-order chi connectivity index (χ0) is 16.8. The first-order chi connectivity index (χ1) is 10.2. The minimum Gasteiger partial charge on any atom is -0.407 e. The molecular formula is C20H30OSi. The maximum Gasteiger partial charge on any atom is 0.191 e. The molecule has 0 unspecified atom stereocenters. The Morgan fingerprint density at radius 3 is 2.00 bits per heavy atom. The van der Waals surface area contributed by atoms with Gasteiger partial charge in [-0.05, 0) is 38.5 Å². The maximum atomic E-state index is 6.82. The molecule has 0 radical (unpaired) electrons. The van der Waals surface area contributed by atoms with Gasteiger partial charge in [-0.25, -0.2) is 0 Å². The van der Waals surface area contributed by atoms with Crippen molar-refractivity contribution >= 4 is 8.32 Å². The van der Waals surface area contributed by atoms with E-state index in [0.29, 0.717) is 0 Å². The zero-order valence-electron chi connectivity index (χ0n) is 14.6. The molecule has 0 atom stereocenters. The normalized spacial score (nSPS) is 12.0. The number of rotatable bonds is 9. The van der Waals surface area contributed by atoms with Gasteiger partial charge in [0.25, 0.3) is 0 Å². The summed E-state index contributed by atoms with van der Waals surface area (Å²) in [6, 6.07) is 11.4. The molecule has 1 aromatic carbocycles. The third kappa shape index (κ3) is 5.43. The van der Waals surface area contributed by atoms with Crippen LogP contribution in [0.2, 0.25) is 19.1 Å². The monoisotopic (exact) mass is 314 g/mol. The molecule has 120 valence electrons. The molecule has 22 heavy (non-hydrogen) atoms. The molecule has 0 saturated heterocycles. The summed E-state index contributed by atoms with van der Waals surface area (Å²) in [4.78, 5) is 0. The van der Waals surface area contributed by atoms with Crippen molar-refractivity contribution in [3.8, 4) is 0 Å². The highest BCUT2D eigenvalue weighted by Gasteiger charge is 2.39. The summed E-state index contributed by atoms with van der Waals surface area (Å²) >= 11 is 0. The van der Waals surface area contributed by atoms with E-state index in [1.54, 1.807) is 0 Å². The molecular weight excluding hydrogens is 284 g/mol. The molecule has 0 N–H and O–H groups in total. The number of benzene rings is 1. The van der Waals surface area contributed by atoms with Crippen molar-refractivity contribution < 1.29 is 4.43 Å². The quantitative estimate of drug-likeness (QED) is 0.388. The van der Waals surface area contributed by atoms with Crippen molar-refractivity contribution in [3.63, 3.8) is 0 Å². The number of hydrogen-bond donors (Lipinski definition) is 0. The van der Waals surface area contributed by atoms with E-state index in [1.807, 2.05) is 12.1 Å². The van der Waals surface area contributed by atoms with Crippen LogP contribution in [0, 0.1) is 0 Å². The van der Waals surface area contributed by atoms with E-state index in [4.69, 9.17) is 4.43 Å². The van der Waals surface area contributed by atoms with Crippen molar-refractivity contribution in [1.82, 2.24) is 0 Å². The van der Waals surface area contributed by atoms with Crippen LogP contribution < -0.4 is 0 Å². The maximum absolute atomic E-state index is 6.82. The van der Waals surface area contributed by atoms with Gasteiger partial charge in [0.05, 0.1) is 5.60 Å². The standard InChI is InChI=1S/C20H30OSi/c1-8-14-22(6,7)21-20(15-17(2)3,16-18(4)5)19-12-10-9-11-13-19/h8-13H,1-2,4,14-16H2,3,5-7H3. The van der Waals surface area contributed by atoms with Crippen LogP contribution in [0.3, 0.4) is 0 Å². The molecule has 2 heteroatoms. The molecule has 0 aliphatic heterocycles. The molecule has 1 aromatic rings. The highest BCUT2D eigenvalue weighted by atomic mass is 28.4. The first-order valence-electron chi connectivity index (χ1n) is 7.86. The highest BCUT2D eigenvalue weighted by Crippen LogP contribution is 2.41. The van der Waals surface area contributed by atoms with E-state index < -0.39 is 8.32 Å². The molecule has 0 aromatic heterocycles. The van der Waals surface area contributed by atoms with E-state index in [2.05, 4.69) is 70.9 Å². The molecule has 1 nitrogen and oxygen atoms in total. The van der Waals surface area contributed by atoms with E-state index in [-0.39, 0.29) is 5.60 Å². The summed E-state index contributed by atoms with van der Waals surface area (Å²) in [5.74, 6) is 0. The summed E-state index contributed by atoms with van der Waals surface area (Å²) in [7, 11) is -1.86. The van der Waals surface area contributed by atoms with Crippen molar-refractivity contribution in [2.75, 3.05) is 0 Å². The Balaban J connectivity index is 3.34. The highest BCUT2D eigenvalue weighted by molar-refractivity contribution is 6.71. The van der Waals surface area contributed by atoms with Gasteiger partial charge in [-0.15, -0.1) is 19.7 Å². The number of hydrogen-bond acceptors (Lipinski definition) is 1. The largest absolute Gasteiger partial charge is 0.407 e. The van der Waals surface area contributed by atoms with Crippen LogP contribution in [0.15, 0.2) is 67.3 Å². The van der Waals surface area contributed by atoms with Gasteiger partial charge in [0.15, 0.2) is 8.32 Å². The van der Waals surface area contributed by atoms with E-state index >= 15 is 0 Å².